The number of hydrogen-bond donors (Lipinski definition) is 6. The Kier molecular flexibility index (Phi) is 17.6. The summed E-state index contributed by atoms with van der Waals surface area (Å²) in [4.78, 5) is 34.8. The van der Waals surface area contributed by atoms with E-state index in [1.54, 1.807) is 56.1 Å². The Labute approximate surface area is 471 Å². The van der Waals surface area contributed by atoms with Crippen molar-refractivity contribution >= 4 is 67.5 Å². The van der Waals surface area contributed by atoms with Gasteiger partial charge < -0.3 is 35.3 Å². The number of allylic oxidation sites excluding steroid dienone is 1. The summed E-state index contributed by atoms with van der Waals surface area (Å²) in [6, 6.07) is 26.3. The number of H-pyrrole nitrogens is 4. The zero-order valence-electron chi connectivity index (χ0n) is 47.1. The number of rotatable bonds is 16. The van der Waals surface area contributed by atoms with Crippen LogP contribution in [0.1, 0.15) is 26.3 Å². The number of nitrogens with zero attached hydrogens (tertiary/aromatic N) is 10. The number of fused-ring (bicyclic) bond motifs is 3. The molecular formula is C62H64F4N16. The molecule has 0 bridgehead atoms. The topological polar surface area (TPSA) is 187 Å². The zero-order valence-corrected chi connectivity index (χ0v) is 47.1. The highest BCUT2D eigenvalue weighted by atomic mass is 19.1. The standard InChI is InChI=1S/C30H29F2N9.C30H29F2N7.C2H6/c1-40(2)9-8-34-20-11-17(10-19(31)13-20)22-6-5-7-23-28(22)37-30(36-23)29-25-24(38-39-29)16-35-27(26(25)32)18-12-21(41(3)4)15-33-14-18;1-5-24-26(27(32)18(2)19-8-7-11-33-17-19)29(38-37-24)30-35-25-10-6-9-23(28(25)36-30)20-14-21(31)16-22(15-20)34-12-13-39(3)4;1-2/h5-7,10-16,34H,8-9H2,1-4H3,(H,36,37)(H,38,39);5-11,14-17,34,37H,2,12-13H2,1,3-4H3,(H,35,36);1-2H3/b;24-5+,27-26-;. The van der Waals surface area contributed by atoms with Gasteiger partial charge in [0.05, 0.1) is 61.6 Å². The lowest BCUT2D eigenvalue weighted by molar-refractivity contribution is 0.425. The molecule has 11 aromatic rings. The van der Waals surface area contributed by atoms with Gasteiger partial charge in [-0.3, -0.25) is 25.1 Å². The Morgan fingerprint density at radius 3 is 1.76 bits per heavy atom. The van der Waals surface area contributed by atoms with Gasteiger partial charge in [-0.1, -0.05) is 56.8 Å². The van der Waals surface area contributed by atoms with Crippen LogP contribution in [-0.4, -0.2) is 134 Å². The van der Waals surface area contributed by atoms with E-state index in [1.807, 2.05) is 116 Å². The molecule has 0 spiro atoms. The van der Waals surface area contributed by atoms with Gasteiger partial charge in [0.2, 0.25) is 0 Å². The molecule has 0 atom stereocenters. The average Bonchev–Trinajstić information content (AvgIpc) is 3.51. The SMILES string of the molecule is C=C(/C(F)=c1/c(-c2nc3c(-c4cc(F)cc(NCCN(C)C)c4)cccc3[nH]2)n[nH]/c1=C/C)c1cccnc1.CC.CN(C)CCNc1cc(F)cc(-c2cccc3[nH]c(-c4n[nH]c5cnc(-c6cncc(N(C)C)c6)c(F)c45)nc23)c1. The summed E-state index contributed by atoms with van der Waals surface area (Å²) in [6.07, 6.45) is 9.77. The quantitative estimate of drug-likeness (QED) is 0.0504. The normalized spacial score (nSPS) is 12.0. The van der Waals surface area contributed by atoms with Gasteiger partial charge in [-0.05, 0) is 107 Å². The first-order valence-electron chi connectivity index (χ1n) is 26.7. The van der Waals surface area contributed by atoms with E-state index >= 15 is 8.78 Å². The molecule has 0 saturated heterocycles. The maximum atomic E-state index is 16.1. The maximum absolute atomic E-state index is 16.1. The molecule has 420 valence electrons. The van der Waals surface area contributed by atoms with Gasteiger partial charge in [0.25, 0.3) is 0 Å². The predicted molar refractivity (Wildman–Crippen MR) is 324 cm³/mol. The van der Waals surface area contributed by atoms with Gasteiger partial charge in [0.15, 0.2) is 17.5 Å². The Morgan fingerprint density at radius 1 is 0.622 bits per heavy atom. The monoisotopic (exact) mass is 1110 g/mol. The van der Waals surface area contributed by atoms with Crippen LogP contribution in [0.2, 0.25) is 0 Å². The van der Waals surface area contributed by atoms with Crippen molar-refractivity contribution in [3.8, 4) is 56.5 Å². The Hall–Kier alpha value is -9.53. The van der Waals surface area contributed by atoms with Crippen LogP contribution in [0.5, 0.6) is 0 Å². The van der Waals surface area contributed by atoms with Gasteiger partial charge in [0.1, 0.15) is 34.5 Å². The molecule has 0 aliphatic rings. The highest BCUT2D eigenvalue weighted by Gasteiger charge is 2.23. The molecule has 82 heavy (non-hydrogen) atoms. The number of likely N-dealkylation sites (N-methyl/N-ethyl adjacent to an activating group) is 2. The third kappa shape index (κ3) is 12.4. The van der Waals surface area contributed by atoms with Crippen LogP contribution >= 0.6 is 0 Å². The van der Waals surface area contributed by atoms with Crippen LogP contribution in [-0.2, 0) is 0 Å². The first-order valence-corrected chi connectivity index (χ1v) is 26.7. The van der Waals surface area contributed by atoms with E-state index in [2.05, 4.69) is 72.3 Å². The van der Waals surface area contributed by atoms with E-state index in [-0.39, 0.29) is 33.5 Å². The zero-order chi connectivity index (χ0) is 58.2. The average molecular weight is 1110 g/mol. The molecule has 6 N–H and O–H groups in total. The second-order valence-corrected chi connectivity index (χ2v) is 19.8. The van der Waals surface area contributed by atoms with Gasteiger partial charge in [0, 0.05) is 98.1 Å². The molecule has 4 aromatic carbocycles. The molecule has 0 radical (unpaired) electrons. The van der Waals surface area contributed by atoms with Crippen LogP contribution < -0.4 is 26.1 Å². The van der Waals surface area contributed by atoms with E-state index in [9.17, 15) is 8.78 Å². The molecule has 0 saturated carbocycles. The highest BCUT2D eigenvalue weighted by Crippen LogP contribution is 2.37. The first-order chi connectivity index (χ1) is 39.6. The summed E-state index contributed by atoms with van der Waals surface area (Å²) in [5.41, 5.74) is 10.3. The number of pyridine rings is 3. The summed E-state index contributed by atoms with van der Waals surface area (Å²) >= 11 is 0. The third-order valence-corrected chi connectivity index (χ3v) is 13.3. The number of anilines is 3. The lowest BCUT2D eigenvalue weighted by Gasteiger charge is -2.13. The Morgan fingerprint density at radius 2 is 1.21 bits per heavy atom. The summed E-state index contributed by atoms with van der Waals surface area (Å²) in [7, 11) is 11.7. The van der Waals surface area contributed by atoms with Crippen molar-refractivity contribution in [3.63, 3.8) is 0 Å². The fraction of sp³-hybridized carbons (Fsp3) is 0.210. The summed E-state index contributed by atoms with van der Waals surface area (Å²) in [5, 5.41) is 22.1. The molecule has 7 aromatic heterocycles. The van der Waals surface area contributed by atoms with Crippen molar-refractivity contribution in [3.05, 3.63) is 162 Å². The minimum Gasteiger partial charge on any atom is -0.384 e. The minimum atomic E-state index is -0.529. The number of nitrogens with one attached hydrogen (secondary N) is 6. The number of para-hydroxylation sites is 2. The fourth-order valence-corrected chi connectivity index (χ4v) is 9.22. The largest absolute Gasteiger partial charge is 0.384 e. The Bertz CT molecular complexity index is 4180. The highest BCUT2D eigenvalue weighted by molar-refractivity contribution is 5.99. The summed E-state index contributed by atoms with van der Waals surface area (Å²) in [5.74, 6) is -0.989. The number of aromatic amines is 4. The van der Waals surface area contributed by atoms with Gasteiger partial charge in [-0.15, -0.1) is 0 Å². The number of benzene rings is 4. The van der Waals surface area contributed by atoms with Gasteiger partial charge in [-0.2, -0.15) is 10.2 Å². The summed E-state index contributed by atoms with van der Waals surface area (Å²) < 4.78 is 61.2. The Balaban J connectivity index is 0.000000192. The fourth-order valence-electron chi connectivity index (χ4n) is 9.22. The first kappa shape index (κ1) is 57.2. The van der Waals surface area contributed by atoms with Crippen molar-refractivity contribution in [2.75, 3.05) is 84.0 Å². The van der Waals surface area contributed by atoms with Crippen molar-refractivity contribution in [2.45, 2.75) is 20.8 Å². The summed E-state index contributed by atoms with van der Waals surface area (Å²) in [6.45, 7) is 12.7. The number of halogens is 4. The lowest BCUT2D eigenvalue weighted by Crippen LogP contribution is -2.26. The number of imidazole rings is 2. The molecule has 0 fully saturated rings. The van der Waals surface area contributed by atoms with Crippen LogP contribution in [0.15, 0.2) is 129 Å². The minimum absolute atomic E-state index is 0.169. The van der Waals surface area contributed by atoms with Crippen LogP contribution in [0, 0.1) is 17.5 Å². The van der Waals surface area contributed by atoms with Crippen LogP contribution in [0.25, 0.3) is 107 Å². The molecule has 7 heterocycles. The van der Waals surface area contributed by atoms with Crippen LogP contribution in [0.3, 0.4) is 0 Å². The maximum Gasteiger partial charge on any atom is 0.161 e. The third-order valence-electron chi connectivity index (χ3n) is 13.3. The van der Waals surface area contributed by atoms with Crippen molar-refractivity contribution in [1.82, 2.24) is 65.1 Å². The van der Waals surface area contributed by atoms with Crippen LogP contribution in [0.4, 0.5) is 34.6 Å². The number of aromatic nitrogens is 11. The molecule has 20 heteroatoms. The smallest absolute Gasteiger partial charge is 0.161 e. The molecule has 11 rings (SSSR count). The van der Waals surface area contributed by atoms with Gasteiger partial charge in [-0.25, -0.2) is 27.5 Å². The van der Waals surface area contributed by atoms with Gasteiger partial charge >= 0.3 is 0 Å². The van der Waals surface area contributed by atoms with Crippen molar-refractivity contribution in [2.24, 2.45) is 0 Å². The van der Waals surface area contributed by atoms with E-state index in [4.69, 9.17) is 9.97 Å². The molecule has 0 amide bonds. The molecule has 0 aliphatic heterocycles. The van der Waals surface area contributed by atoms with Crippen molar-refractivity contribution in [1.29, 1.82) is 0 Å². The van der Waals surface area contributed by atoms with E-state index in [0.717, 1.165) is 40.9 Å². The molecule has 0 unspecified atom stereocenters. The lowest BCUT2D eigenvalue weighted by atomic mass is 10.0. The molecule has 0 aliphatic carbocycles. The second-order valence-electron chi connectivity index (χ2n) is 19.8. The second kappa shape index (κ2) is 25.3. The van der Waals surface area contributed by atoms with E-state index in [1.165, 1.54) is 24.3 Å². The van der Waals surface area contributed by atoms with E-state index in [0.29, 0.717) is 91.7 Å². The number of hydrogen-bond acceptors (Lipinski definition) is 12. The predicted octanol–water partition coefficient (Wildman–Crippen LogP) is 11.3. The molecule has 16 nitrogen and oxygen atoms in total. The van der Waals surface area contributed by atoms with E-state index < -0.39 is 11.6 Å². The molecular weight excluding hydrogens is 1040 g/mol. The van der Waals surface area contributed by atoms with Crippen molar-refractivity contribution < 1.29 is 17.6 Å².